The van der Waals surface area contributed by atoms with Crippen LogP contribution in [0.3, 0.4) is 0 Å². The molecule has 2 saturated heterocycles. The normalized spacial score (nSPS) is 22.6. The van der Waals surface area contributed by atoms with E-state index in [-0.39, 0.29) is 11.9 Å². The molecule has 1 aromatic carbocycles. The molecule has 2 aliphatic heterocycles. The molecular formula is C20H23Cl2N3O. The van der Waals surface area contributed by atoms with Crippen LogP contribution >= 0.6 is 23.2 Å². The number of piperidine rings is 1. The maximum Gasteiger partial charge on any atom is 0.227 e. The van der Waals surface area contributed by atoms with Crippen LogP contribution in [0.15, 0.2) is 29.8 Å². The molecule has 1 amide bonds. The highest BCUT2D eigenvalue weighted by Gasteiger charge is 2.29. The Balaban J connectivity index is 1.63. The smallest absolute Gasteiger partial charge is 0.227 e. The van der Waals surface area contributed by atoms with Crippen molar-refractivity contribution in [1.82, 2.24) is 9.80 Å². The van der Waals surface area contributed by atoms with E-state index in [0.29, 0.717) is 16.5 Å². The van der Waals surface area contributed by atoms with E-state index < -0.39 is 0 Å². The van der Waals surface area contributed by atoms with Crippen molar-refractivity contribution in [3.63, 3.8) is 0 Å². The Morgan fingerprint density at radius 1 is 1.27 bits per heavy atom. The minimum Gasteiger partial charge on any atom is -0.338 e. The summed E-state index contributed by atoms with van der Waals surface area (Å²) in [5.41, 5.74) is 2.09. The number of amides is 1. The van der Waals surface area contributed by atoms with E-state index in [0.717, 1.165) is 57.4 Å². The summed E-state index contributed by atoms with van der Waals surface area (Å²) in [6.07, 6.45) is 6.23. The van der Waals surface area contributed by atoms with E-state index in [9.17, 15) is 4.79 Å². The van der Waals surface area contributed by atoms with E-state index >= 15 is 0 Å². The number of carbonyl (C=O) groups is 1. The lowest BCUT2D eigenvalue weighted by Gasteiger charge is -2.38. The zero-order valence-corrected chi connectivity index (χ0v) is 16.3. The number of rotatable bonds is 4. The fourth-order valence-corrected chi connectivity index (χ4v) is 4.18. The van der Waals surface area contributed by atoms with E-state index in [1.807, 2.05) is 11.0 Å². The van der Waals surface area contributed by atoms with Crippen molar-refractivity contribution in [3.05, 3.63) is 45.5 Å². The summed E-state index contributed by atoms with van der Waals surface area (Å²) in [6, 6.07) is 7.76. The van der Waals surface area contributed by atoms with Crippen molar-refractivity contribution >= 4 is 29.1 Å². The number of nitrogens with zero attached hydrogens (tertiary/aromatic N) is 3. The van der Waals surface area contributed by atoms with Gasteiger partial charge in [0.05, 0.1) is 22.5 Å². The van der Waals surface area contributed by atoms with Gasteiger partial charge in [-0.05, 0) is 49.0 Å². The summed E-state index contributed by atoms with van der Waals surface area (Å²) in [6.45, 7) is 3.52. The molecule has 0 saturated carbocycles. The number of likely N-dealkylation sites (tertiary alicyclic amines) is 2. The highest BCUT2D eigenvalue weighted by molar-refractivity contribution is 6.42. The van der Waals surface area contributed by atoms with Crippen molar-refractivity contribution in [2.75, 3.05) is 26.2 Å². The Kier molecular flexibility index (Phi) is 6.58. The van der Waals surface area contributed by atoms with Gasteiger partial charge in [-0.15, -0.1) is 0 Å². The third-order valence-electron chi connectivity index (χ3n) is 5.20. The minimum atomic E-state index is 0.153. The van der Waals surface area contributed by atoms with Gasteiger partial charge in [-0.25, -0.2) is 0 Å². The number of allylic oxidation sites excluding steroid dienone is 1. The number of nitriles is 1. The van der Waals surface area contributed by atoms with Gasteiger partial charge in [0.1, 0.15) is 0 Å². The molecular weight excluding hydrogens is 369 g/mol. The first-order valence-electron chi connectivity index (χ1n) is 9.10. The second kappa shape index (κ2) is 8.90. The minimum absolute atomic E-state index is 0.153. The molecule has 0 bridgehead atoms. The summed E-state index contributed by atoms with van der Waals surface area (Å²) >= 11 is 12.0. The van der Waals surface area contributed by atoms with Crippen LogP contribution in [0.4, 0.5) is 0 Å². The van der Waals surface area contributed by atoms with Crippen molar-refractivity contribution in [2.45, 2.75) is 38.1 Å². The Labute approximate surface area is 165 Å². The third kappa shape index (κ3) is 4.79. The number of benzene rings is 1. The lowest BCUT2D eigenvalue weighted by molar-refractivity contribution is -0.134. The van der Waals surface area contributed by atoms with E-state index in [4.69, 9.17) is 28.5 Å². The fraction of sp³-hybridized carbons (Fsp3) is 0.500. The van der Waals surface area contributed by atoms with Crippen LogP contribution in [0.2, 0.25) is 10.0 Å². The van der Waals surface area contributed by atoms with Gasteiger partial charge >= 0.3 is 0 Å². The number of carbonyl (C=O) groups excluding carboxylic acids is 1. The maximum absolute atomic E-state index is 12.9. The molecule has 6 heteroatoms. The SMILES string of the molecule is N#C/C=C1\CCN(CC2CCCCN2C(=O)Cc2ccc(Cl)c(Cl)c2)C1. The van der Waals surface area contributed by atoms with Gasteiger partial charge in [-0.3, -0.25) is 9.69 Å². The van der Waals surface area contributed by atoms with Crippen LogP contribution in [-0.2, 0) is 11.2 Å². The first kappa shape index (κ1) is 19.2. The van der Waals surface area contributed by atoms with Crippen molar-refractivity contribution in [3.8, 4) is 6.07 Å². The lowest BCUT2D eigenvalue weighted by atomic mass is 10.00. The molecule has 26 heavy (non-hydrogen) atoms. The number of hydrogen-bond donors (Lipinski definition) is 0. The number of halogens is 2. The summed E-state index contributed by atoms with van der Waals surface area (Å²) < 4.78 is 0. The van der Waals surface area contributed by atoms with Crippen molar-refractivity contribution in [2.24, 2.45) is 0 Å². The van der Waals surface area contributed by atoms with Gasteiger partial charge in [-0.2, -0.15) is 5.26 Å². The molecule has 2 heterocycles. The topological polar surface area (TPSA) is 47.3 Å². The van der Waals surface area contributed by atoms with E-state index in [2.05, 4.69) is 11.0 Å². The molecule has 138 valence electrons. The average molecular weight is 392 g/mol. The Bertz CT molecular complexity index is 741. The fourth-order valence-electron chi connectivity index (χ4n) is 3.85. The van der Waals surface area contributed by atoms with Crippen LogP contribution in [0, 0.1) is 11.3 Å². The van der Waals surface area contributed by atoms with E-state index in [1.165, 1.54) is 5.57 Å². The average Bonchev–Trinajstić information content (AvgIpc) is 3.06. The van der Waals surface area contributed by atoms with Crippen LogP contribution in [0.5, 0.6) is 0 Å². The van der Waals surface area contributed by atoms with Crippen LogP contribution < -0.4 is 0 Å². The number of hydrogen-bond acceptors (Lipinski definition) is 3. The molecule has 3 rings (SSSR count). The van der Waals surface area contributed by atoms with Gasteiger partial charge in [0.25, 0.3) is 0 Å². The predicted molar refractivity (Wildman–Crippen MR) is 104 cm³/mol. The molecule has 0 aromatic heterocycles. The van der Waals surface area contributed by atoms with Crippen molar-refractivity contribution < 1.29 is 4.79 Å². The van der Waals surface area contributed by atoms with E-state index in [1.54, 1.807) is 18.2 Å². The predicted octanol–water partition coefficient (Wildman–Crippen LogP) is 4.07. The second-order valence-corrected chi connectivity index (χ2v) is 7.89. The van der Waals surface area contributed by atoms with Gasteiger partial charge < -0.3 is 4.90 Å². The molecule has 0 N–H and O–H groups in total. The monoisotopic (exact) mass is 391 g/mol. The molecule has 0 spiro atoms. The van der Waals surface area contributed by atoms with Crippen molar-refractivity contribution in [1.29, 1.82) is 5.26 Å². The van der Waals surface area contributed by atoms with Gasteiger partial charge in [0.15, 0.2) is 0 Å². The Morgan fingerprint density at radius 2 is 2.12 bits per heavy atom. The van der Waals surface area contributed by atoms with Gasteiger partial charge in [-0.1, -0.05) is 29.3 Å². The maximum atomic E-state index is 12.9. The zero-order valence-electron chi connectivity index (χ0n) is 14.8. The molecule has 4 nitrogen and oxygen atoms in total. The van der Waals surface area contributed by atoms with Crippen LogP contribution in [0.25, 0.3) is 0 Å². The summed E-state index contributed by atoms with van der Waals surface area (Å²) in [5.74, 6) is 0.153. The van der Waals surface area contributed by atoms with Gasteiger partial charge in [0.2, 0.25) is 5.91 Å². The molecule has 2 fully saturated rings. The molecule has 0 aliphatic carbocycles. The third-order valence-corrected chi connectivity index (χ3v) is 5.94. The quantitative estimate of drug-likeness (QED) is 0.726. The summed E-state index contributed by atoms with van der Waals surface area (Å²) in [5, 5.41) is 9.81. The molecule has 1 aromatic rings. The van der Waals surface area contributed by atoms with Crippen LogP contribution in [-0.4, -0.2) is 47.9 Å². The Morgan fingerprint density at radius 3 is 2.88 bits per heavy atom. The first-order chi connectivity index (χ1) is 12.6. The molecule has 1 unspecified atom stereocenters. The molecule has 2 aliphatic rings. The highest BCUT2D eigenvalue weighted by Crippen LogP contribution is 2.25. The lowest BCUT2D eigenvalue weighted by Crippen LogP contribution is -2.49. The Hall–Kier alpha value is -1.54. The summed E-state index contributed by atoms with van der Waals surface area (Å²) in [4.78, 5) is 17.3. The molecule has 1 atom stereocenters. The first-order valence-corrected chi connectivity index (χ1v) is 9.85. The van der Waals surface area contributed by atoms with Gasteiger partial charge in [0, 0.05) is 38.3 Å². The second-order valence-electron chi connectivity index (χ2n) is 7.08. The largest absolute Gasteiger partial charge is 0.338 e. The standard InChI is InChI=1S/C20H23Cl2N3O/c21-18-5-4-16(11-19(18)22)12-20(26)25-9-2-1-3-17(25)14-24-10-7-15(13-24)6-8-23/h4-6,11,17H,1-3,7,9-10,12-14H2/b15-6+. The zero-order chi connectivity index (χ0) is 18.5. The van der Waals surface area contributed by atoms with Crippen LogP contribution in [0.1, 0.15) is 31.2 Å². The summed E-state index contributed by atoms with van der Waals surface area (Å²) in [7, 11) is 0. The highest BCUT2D eigenvalue weighted by atomic mass is 35.5. The molecule has 0 radical (unpaired) electrons.